The highest BCUT2D eigenvalue weighted by atomic mass is 17.2. The molecule has 3 atom stereocenters. The van der Waals surface area contributed by atoms with E-state index in [1.165, 1.54) is 0 Å². The van der Waals surface area contributed by atoms with Crippen molar-refractivity contribution in [1.29, 1.82) is 0 Å². The maximum Gasteiger partial charge on any atom is 0.389 e. The van der Waals surface area contributed by atoms with Crippen LogP contribution in [0, 0.1) is 0 Å². The third-order valence-corrected chi connectivity index (χ3v) is 2.53. The van der Waals surface area contributed by atoms with Crippen molar-refractivity contribution < 1.29 is 54.0 Å². The zero-order chi connectivity index (χ0) is 18.2. The fourth-order valence-electron chi connectivity index (χ4n) is 0.784. The molecular weight excluding hydrogens is 320 g/mol. The number of aliphatic hydroxyl groups excluding tert-OH is 2. The van der Waals surface area contributed by atoms with Gasteiger partial charge in [0.25, 0.3) is 0 Å². The molecule has 0 fully saturated rings. The Morgan fingerprint density at radius 2 is 1.35 bits per heavy atom. The normalized spacial score (nSPS) is 15.6. The lowest BCUT2D eigenvalue weighted by Gasteiger charge is -2.22. The summed E-state index contributed by atoms with van der Waals surface area (Å²) in [7, 11) is 0. The zero-order valence-electron chi connectivity index (χ0n) is 12.7. The first-order valence-corrected chi connectivity index (χ1v) is 6.40. The number of carbonyl (C=O) groups excluding carboxylic acids is 4. The van der Waals surface area contributed by atoms with E-state index in [-0.39, 0.29) is 0 Å². The summed E-state index contributed by atoms with van der Waals surface area (Å²) in [6, 6.07) is 0. The lowest BCUT2D eigenvalue weighted by molar-refractivity contribution is -0.275. The van der Waals surface area contributed by atoms with E-state index < -0.39 is 54.5 Å². The average molecular weight is 338 g/mol. The Bertz CT molecular complexity index is 452. The topological polar surface area (TPSA) is 166 Å². The Hall–Kier alpha value is -2.24. The smallest absolute Gasteiger partial charge is 0.389 e. The van der Waals surface area contributed by atoms with Gasteiger partial charge in [0.05, 0.1) is 18.9 Å². The fraction of sp³-hybridized carbons (Fsp3) is 0.667. The van der Waals surface area contributed by atoms with E-state index in [0.29, 0.717) is 0 Å². The summed E-state index contributed by atoms with van der Waals surface area (Å²) in [6.45, 7) is 3.15. The van der Waals surface area contributed by atoms with Crippen molar-refractivity contribution in [2.45, 2.75) is 51.4 Å². The van der Waals surface area contributed by atoms with E-state index in [1.54, 1.807) is 0 Å². The van der Waals surface area contributed by atoms with Gasteiger partial charge in [-0.15, -0.1) is 0 Å². The van der Waals surface area contributed by atoms with E-state index in [4.69, 9.17) is 10.2 Å². The minimum absolute atomic E-state index is 0.573. The Morgan fingerprint density at radius 1 is 0.913 bits per heavy atom. The predicted molar refractivity (Wildman–Crippen MR) is 67.6 cm³/mol. The minimum atomic E-state index is -2.28. The maximum atomic E-state index is 11.3. The van der Waals surface area contributed by atoms with Crippen molar-refractivity contribution in [1.82, 2.24) is 0 Å². The Kier molecular flexibility index (Phi) is 8.15. The molecule has 0 aromatic carbocycles. The zero-order valence-corrected chi connectivity index (χ0v) is 12.7. The van der Waals surface area contributed by atoms with Crippen LogP contribution in [0.3, 0.4) is 0 Å². The summed E-state index contributed by atoms with van der Waals surface area (Å²) in [5.74, 6) is -4.87. The van der Waals surface area contributed by atoms with Gasteiger partial charge in [0.1, 0.15) is 0 Å². The van der Waals surface area contributed by atoms with E-state index >= 15 is 0 Å². The number of carbonyl (C=O) groups is 4. The van der Waals surface area contributed by atoms with Gasteiger partial charge in [-0.25, -0.2) is 38.7 Å². The molecule has 0 heterocycles. The first-order valence-electron chi connectivity index (χ1n) is 6.40. The summed E-state index contributed by atoms with van der Waals surface area (Å²) in [6.07, 6.45) is -4.13. The molecule has 11 heteroatoms. The Morgan fingerprint density at radius 3 is 1.74 bits per heavy atom. The van der Waals surface area contributed by atoms with E-state index in [2.05, 4.69) is 19.6 Å². The third-order valence-electron chi connectivity index (χ3n) is 2.53. The third kappa shape index (κ3) is 7.54. The molecule has 0 rings (SSSR count). The number of hydrogen-bond donors (Lipinski definition) is 3. The highest BCUT2D eigenvalue weighted by molar-refractivity contribution is 5.81. The van der Waals surface area contributed by atoms with Crippen LogP contribution in [0.2, 0.25) is 0 Å². The first-order chi connectivity index (χ1) is 10.5. The molecule has 0 aliphatic heterocycles. The van der Waals surface area contributed by atoms with Crippen molar-refractivity contribution >= 4 is 23.9 Å². The first kappa shape index (κ1) is 20.8. The maximum absolute atomic E-state index is 11.3. The van der Waals surface area contributed by atoms with Gasteiger partial charge >= 0.3 is 23.9 Å². The van der Waals surface area contributed by atoms with Gasteiger partial charge in [-0.05, 0) is 20.8 Å². The minimum Gasteiger partial charge on any atom is -0.390 e. The summed E-state index contributed by atoms with van der Waals surface area (Å²) in [5.41, 5.74) is -2.28. The molecule has 132 valence electrons. The van der Waals surface area contributed by atoms with E-state index in [9.17, 15) is 24.3 Å². The van der Waals surface area contributed by atoms with Gasteiger partial charge in [0.15, 0.2) is 11.7 Å². The number of hydrogen-bond acceptors (Lipinski definition) is 11. The highest BCUT2D eigenvalue weighted by Crippen LogP contribution is 2.12. The molecule has 0 amide bonds. The predicted octanol–water partition coefficient (Wildman–Crippen LogP) is -1.72. The number of rotatable bonds is 6. The second-order valence-electron chi connectivity index (χ2n) is 4.68. The van der Waals surface area contributed by atoms with Crippen LogP contribution in [0.1, 0.15) is 33.6 Å². The van der Waals surface area contributed by atoms with Gasteiger partial charge < -0.3 is 15.3 Å². The monoisotopic (exact) mass is 338 g/mol. The van der Waals surface area contributed by atoms with E-state index in [1.807, 2.05) is 0 Å². The molecule has 0 aliphatic rings. The summed E-state index contributed by atoms with van der Waals surface area (Å²) < 4.78 is 0. The molecule has 11 nitrogen and oxygen atoms in total. The SMILES string of the molecule is CC(O)C(=O)OOC(=O)CCC(=O)OOC(=O)C(C)(O)C(C)O. The standard InChI is InChI=1S/C12H18O11/c1-6(13)10(17)22-20-8(15)4-5-9(16)21-23-11(18)12(3,19)7(2)14/h6-7,13-14,19H,4-5H2,1-3H3. The van der Waals surface area contributed by atoms with Crippen LogP contribution in [0.4, 0.5) is 0 Å². The second kappa shape index (κ2) is 9.02. The van der Waals surface area contributed by atoms with Crippen molar-refractivity contribution in [2.75, 3.05) is 0 Å². The summed E-state index contributed by atoms with van der Waals surface area (Å²) >= 11 is 0. The lowest BCUT2D eigenvalue weighted by Crippen LogP contribution is -2.46. The van der Waals surface area contributed by atoms with Crippen LogP contribution in [0.25, 0.3) is 0 Å². The largest absolute Gasteiger partial charge is 0.390 e. The van der Waals surface area contributed by atoms with Crippen LogP contribution in [-0.4, -0.2) is 57.0 Å². The van der Waals surface area contributed by atoms with Gasteiger partial charge in [-0.2, -0.15) is 0 Å². The molecule has 23 heavy (non-hydrogen) atoms. The van der Waals surface area contributed by atoms with Crippen LogP contribution in [-0.2, 0) is 38.7 Å². The van der Waals surface area contributed by atoms with Crippen LogP contribution < -0.4 is 0 Å². The van der Waals surface area contributed by atoms with Crippen LogP contribution in [0.15, 0.2) is 0 Å². The quantitative estimate of drug-likeness (QED) is 0.372. The lowest BCUT2D eigenvalue weighted by atomic mass is 10.0. The van der Waals surface area contributed by atoms with Gasteiger partial charge in [-0.1, -0.05) is 0 Å². The summed E-state index contributed by atoms with van der Waals surface area (Å²) in [5, 5.41) is 27.4. The number of aliphatic hydroxyl groups is 3. The van der Waals surface area contributed by atoms with Gasteiger partial charge in [0, 0.05) is 0 Å². The highest BCUT2D eigenvalue weighted by Gasteiger charge is 2.39. The molecule has 3 unspecified atom stereocenters. The molecule has 0 spiro atoms. The van der Waals surface area contributed by atoms with Crippen LogP contribution >= 0.6 is 0 Å². The molecule has 0 aromatic heterocycles. The Labute approximate surface area is 130 Å². The molecule has 0 saturated heterocycles. The van der Waals surface area contributed by atoms with Crippen molar-refractivity contribution in [3.8, 4) is 0 Å². The molecule has 3 N–H and O–H groups in total. The average Bonchev–Trinajstić information content (AvgIpc) is 2.47. The molecule has 0 aliphatic carbocycles. The second-order valence-corrected chi connectivity index (χ2v) is 4.68. The molecule has 0 radical (unpaired) electrons. The van der Waals surface area contributed by atoms with Gasteiger partial charge in [0.2, 0.25) is 0 Å². The molecule has 0 saturated carbocycles. The fourth-order valence-corrected chi connectivity index (χ4v) is 0.784. The van der Waals surface area contributed by atoms with Crippen molar-refractivity contribution in [3.63, 3.8) is 0 Å². The van der Waals surface area contributed by atoms with Crippen molar-refractivity contribution in [3.05, 3.63) is 0 Å². The Balaban J connectivity index is 4.06. The molecule has 0 aromatic rings. The van der Waals surface area contributed by atoms with E-state index in [0.717, 1.165) is 20.8 Å². The van der Waals surface area contributed by atoms with Crippen molar-refractivity contribution in [2.24, 2.45) is 0 Å². The van der Waals surface area contributed by atoms with Crippen LogP contribution in [0.5, 0.6) is 0 Å². The van der Waals surface area contributed by atoms with Gasteiger partial charge in [-0.3, -0.25) is 0 Å². The molecular formula is C12H18O11. The molecule has 0 bridgehead atoms. The summed E-state index contributed by atoms with van der Waals surface area (Å²) in [4.78, 5) is 60.3.